The lowest BCUT2D eigenvalue weighted by atomic mass is 9.98. The van der Waals surface area contributed by atoms with Crippen LogP contribution in [0.3, 0.4) is 0 Å². The Bertz CT molecular complexity index is 626. The molecule has 1 N–H and O–H groups in total. The first-order valence-corrected chi connectivity index (χ1v) is 8.26. The molecule has 0 saturated carbocycles. The van der Waals surface area contributed by atoms with Gasteiger partial charge in [0.05, 0.1) is 12.0 Å². The van der Waals surface area contributed by atoms with Crippen LogP contribution in [0, 0.1) is 5.92 Å². The zero-order chi connectivity index (χ0) is 16.3. The lowest BCUT2D eigenvalue weighted by Crippen LogP contribution is -2.41. The summed E-state index contributed by atoms with van der Waals surface area (Å²) in [6.45, 7) is 0.271. The number of rotatable bonds is 4. The minimum Gasteiger partial charge on any atom is -0.481 e. The summed E-state index contributed by atoms with van der Waals surface area (Å²) in [4.78, 5) is 15.5. The fraction of sp³-hybridized carbons (Fsp3) is 0.538. The van der Waals surface area contributed by atoms with Gasteiger partial charge in [-0.1, -0.05) is 0 Å². The maximum atomic E-state index is 14.4. The molecule has 0 aromatic carbocycles. The third-order valence-electron chi connectivity index (χ3n) is 3.72. The third kappa shape index (κ3) is 3.29. The smallest absolute Gasteiger partial charge is 0.407 e. The van der Waals surface area contributed by atoms with Gasteiger partial charge in [-0.3, -0.25) is 0 Å². The Morgan fingerprint density at radius 3 is 2.55 bits per heavy atom. The van der Waals surface area contributed by atoms with Gasteiger partial charge >= 0.3 is 6.09 Å². The Hall–Kier alpha value is -1.90. The lowest BCUT2D eigenvalue weighted by molar-refractivity contribution is 0.114. The predicted molar refractivity (Wildman–Crippen MR) is 75.2 cm³/mol. The van der Waals surface area contributed by atoms with Crippen molar-refractivity contribution >= 4 is 15.9 Å². The maximum absolute atomic E-state index is 14.4. The molecular weight excluding hydrogens is 315 g/mol. The number of carboxylic acid groups (broad SMARTS) is 1. The summed E-state index contributed by atoms with van der Waals surface area (Å²) >= 11 is 0. The first kappa shape index (κ1) is 16.5. The van der Waals surface area contributed by atoms with E-state index in [1.807, 2.05) is 0 Å². The standard InChI is InChI=1S/C13H17FN2O5S/c1-21-11-3-2-10(8-15-11)22(19,20)12(14)9-4-6-16(7-5-9)13(17)18/h2-3,8-9,12H,4-7H2,1H3,(H,17,18). The monoisotopic (exact) mass is 332 g/mol. The van der Waals surface area contributed by atoms with Gasteiger partial charge < -0.3 is 14.7 Å². The highest BCUT2D eigenvalue weighted by atomic mass is 32.2. The normalized spacial score (nSPS) is 18.0. The van der Waals surface area contributed by atoms with Gasteiger partial charge in [-0.25, -0.2) is 22.6 Å². The minimum absolute atomic E-state index is 0.136. The molecule has 122 valence electrons. The van der Waals surface area contributed by atoms with Crippen molar-refractivity contribution in [1.82, 2.24) is 9.88 Å². The molecule has 22 heavy (non-hydrogen) atoms. The van der Waals surface area contributed by atoms with Crippen LogP contribution in [0.1, 0.15) is 12.8 Å². The van der Waals surface area contributed by atoms with Crippen molar-refractivity contribution in [3.05, 3.63) is 18.3 Å². The summed E-state index contributed by atoms with van der Waals surface area (Å²) in [5, 5.41) is 8.84. The van der Waals surface area contributed by atoms with E-state index in [0.717, 1.165) is 11.1 Å². The van der Waals surface area contributed by atoms with Crippen molar-refractivity contribution in [3.63, 3.8) is 0 Å². The molecule has 0 aliphatic carbocycles. The minimum atomic E-state index is -4.15. The number of halogens is 1. The van der Waals surface area contributed by atoms with Gasteiger partial charge in [0.1, 0.15) is 0 Å². The van der Waals surface area contributed by atoms with Crippen LogP contribution in [0.15, 0.2) is 23.2 Å². The Morgan fingerprint density at radius 2 is 2.09 bits per heavy atom. The van der Waals surface area contributed by atoms with Crippen molar-refractivity contribution in [1.29, 1.82) is 0 Å². The average molecular weight is 332 g/mol. The maximum Gasteiger partial charge on any atom is 0.407 e. The van der Waals surface area contributed by atoms with E-state index in [1.54, 1.807) is 0 Å². The van der Waals surface area contributed by atoms with Crippen molar-refractivity contribution in [2.24, 2.45) is 5.92 Å². The van der Waals surface area contributed by atoms with Gasteiger partial charge in [-0.05, 0) is 18.9 Å². The molecule has 2 heterocycles. The summed E-state index contributed by atoms with van der Waals surface area (Å²) in [6.07, 6.45) is 0.343. The van der Waals surface area contributed by atoms with Crippen LogP contribution < -0.4 is 4.74 Å². The lowest BCUT2D eigenvalue weighted by Gasteiger charge is -2.31. The fourth-order valence-corrected chi connectivity index (χ4v) is 3.89. The summed E-state index contributed by atoms with van der Waals surface area (Å²) in [5.74, 6) is -0.480. The van der Waals surface area contributed by atoms with E-state index in [1.165, 1.54) is 19.2 Å². The molecular formula is C13H17FN2O5S. The molecule has 1 aliphatic heterocycles. The quantitative estimate of drug-likeness (QED) is 0.898. The van der Waals surface area contributed by atoms with Gasteiger partial charge in [-0.2, -0.15) is 0 Å². The number of alkyl halides is 1. The average Bonchev–Trinajstić information content (AvgIpc) is 2.54. The van der Waals surface area contributed by atoms with E-state index < -0.39 is 27.4 Å². The number of nitrogens with zero attached hydrogens (tertiary/aromatic N) is 2. The number of likely N-dealkylation sites (tertiary alicyclic amines) is 1. The SMILES string of the molecule is COc1ccc(S(=O)(=O)C(F)C2CCN(C(=O)O)CC2)cn1. The second kappa shape index (κ2) is 6.47. The van der Waals surface area contributed by atoms with E-state index in [2.05, 4.69) is 4.98 Å². The molecule has 1 aromatic heterocycles. The molecule has 1 fully saturated rings. The summed E-state index contributed by atoms with van der Waals surface area (Å²) < 4.78 is 43.8. The summed E-state index contributed by atoms with van der Waals surface area (Å²) in [7, 11) is -2.76. The molecule has 1 atom stereocenters. The van der Waals surface area contributed by atoms with E-state index in [-0.39, 0.29) is 36.7 Å². The molecule has 7 nitrogen and oxygen atoms in total. The Balaban J connectivity index is 2.10. The molecule has 0 bridgehead atoms. The highest BCUT2D eigenvalue weighted by Gasteiger charge is 2.37. The number of piperidine rings is 1. The number of sulfone groups is 1. The van der Waals surface area contributed by atoms with Gasteiger partial charge in [0.25, 0.3) is 0 Å². The second-order valence-corrected chi connectivity index (χ2v) is 7.05. The van der Waals surface area contributed by atoms with Crippen molar-refractivity contribution < 1.29 is 27.4 Å². The molecule has 1 aliphatic rings. The van der Waals surface area contributed by atoms with Crippen molar-refractivity contribution in [2.45, 2.75) is 23.2 Å². The molecule has 0 radical (unpaired) electrons. The van der Waals surface area contributed by atoms with Gasteiger partial charge in [0.2, 0.25) is 21.2 Å². The van der Waals surface area contributed by atoms with Crippen LogP contribution in [-0.4, -0.2) is 55.2 Å². The zero-order valence-corrected chi connectivity index (χ0v) is 12.8. The van der Waals surface area contributed by atoms with E-state index in [4.69, 9.17) is 9.84 Å². The van der Waals surface area contributed by atoms with E-state index in [0.29, 0.717) is 0 Å². The first-order valence-electron chi connectivity index (χ1n) is 6.72. The number of hydrogen-bond donors (Lipinski definition) is 1. The Labute approximate surface area is 127 Å². The number of ether oxygens (including phenoxy) is 1. The van der Waals surface area contributed by atoms with Crippen LogP contribution in [0.2, 0.25) is 0 Å². The third-order valence-corrected chi connectivity index (χ3v) is 5.60. The molecule has 1 saturated heterocycles. The van der Waals surface area contributed by atoms with Crippen LogP contribution >= 0.6 is 0 Å². The van der Waals surface area contributed by atoms with Gasteiger partial charge in [-0.15, -0.1) is 0 Å². The summed E-state index contributed by atoms with van der Waals surface area (Å²) in [6, 6.07) is 2.60. The van der Waals surface area contributed by atoms with Gasteiger partial charge in [0, 0.05) is 31.3 Å². The molecule has 1 aromatic rings. The molecule has 1 amide bonds. The zero-order valence-electron chi connectivity index (χ0n) is 12.0. The van der Waals surface area contributed by atoms with Crippen LogP contribution in [0.5, 0.6) is 5.88 Å². The van der Waals surface area contributed by atoms with Crippen LogP contribution in [0.25, 0.3) is 0 Å². The number of amides is 1. The van der Waals surface area contributed by atoms with Crippen molar-refractivity contribution in [2.75, 3.05) is 20.2 Å². The number of methoxy groups -OCH3 is 1. The number of aromatic nitrogens is 1. The molecule has 0 spiro atoms. The molecule has 1 unspecified atom stereocenters. The summed E-state index contributed by atoms with van der Waals surface area (Å²) in [5.41, 5.74) is -2.07. The van der Waals surface area contributed by atoms with E-state index in [9.17, 15) is 17.6 Å². The highest BCUT2D eigenvalue weighted by molar-refractivity contribution is 7.91. The van der Waals surface area contributed by atoms with E-state index >= 15 is 0 Å². The first-order chi connectivity index (χ1) is 10.4. The predicted octanol–water partition coefficient (Wildman–Crippen LogP) is 1.55. The second-order valence-electron chi connectivity index (χ2n) is 5.04. The Morgan fingerprint density at radius 1 is 1.45 bits per heavy atom. The molecule has 9 heteroatoms. The molecule has 2 rings (SSSR count). The topological polar surface area (TPSA) is 96.8 Å². The number of pyridine rings is 1. The Kier molecular flexibility index (Phi) is 4.84. The van der Waals surface area contributed by atoms with Crippen LogP contribution in [0.4, 0.5) is 9.18 Å². The highest BCUT2D eigenvalue weighted by Crippen LogP contribution is 2.30. The van der Waals surface area contributed by atoms with Crippen LogP contribution in [-0.2, 0) is 9.84 Å². The largest absolute Gasteiger partial charge is 0.481 e. The number of carbonyl (C=O) groups is 1. The van der Waals surface area contributed by atoms with Gasteiger partial charge in [0.15, 0.2) is 0 Å². The fourth-order valence-electron chi connectivity index (χ4n) is 2.39. The van der Waals surface area contributed by atoms with Crippen molar-refractivity contribution in [3.8, 4) is 5.88 Å². The number of hydrogen-bond acceptors (Lipinski definition) is 5.